The molecule has 4 rings (SSSR count). The van der Waals surface area contributed by atoms with Crippen LogP contribution in [0.5, 0.6) is 0 Å². The largest absolute Gasteiger partial charge is 0.467 e. The first-order valence-electron chi connectivity index (χ1n) is 9.36. The van der Waals surface area contributed by atoms with Crippen LogP contribution in [0.25, 0.3) is 0 Å². The van der Waals surface area contributed by atoms with Crippen molar-refractivity contribution in [3.05, 3.63) is 59.0 Å². The van der Waals surface area contributed by atoms with Crippen molar-refractivity contribution >= 4 is 17.7 Å². The van der Waals surface area contributed by atoms with E-state index >= 15 is 0 Å². The highest BCUT2D eigenvalue weighted by atomic mass is 16.3. The van der Waals surface area contributed by atoms with Crippen LogP contribution in [0.1, 0.15) is 68.9 Å². The van der Waals surface area contributed by atoms with Gasteiger partial charge in [0.25, 0.3) is 17.7 Å². The van der Waals surface area contributed by atoms with Gasteiger partial charge in [0.05, 0.1) is 23.9 Å². The van der Waals surface area contributed by atoms with Gasteiger partial charge < -0.3 is 9.32 Å². The van der Waals surface area contributed by atoms with Crippen LogP contribution in [-0.2, 0) is 6.54 Å². The molecule has 2 heterocycles. The fourth-order valence-corrected chi connectivity index (χ4v) is 3.99. The molecule has 0 atom stereocenters. The second-order valence-electron chi connectivity index (χ2n) is 7.27. The van der Waals surface area contributed by atoms with E-state index in [-0.39, 0.29) is 23.8 Å². The lowest BCUT2D eigenvalue weighted by Gasteiger charge is -2.29. The molecule has 2 aromatic rings. The molecule has 27 heavy (non-hydrogen) atoms. The number of rotatable bonds is 4. The van der Waals surface area contributed by atoms with Gasteiger partial charge in [-0.2, -0.15) is 0 Å². The van der Waals surface area contributed by atoms with E-state index in [1.165, 1.54) is 9.80 Å². The summed E-state index contributed by atoms with van der Waals surface area (Å²) in [5.41, 5.74) is 1.13. The summed E-state index contributed by atoms with van der Waals surface area (Å²) < 4.78 is 5.28. The lowest BCUT2D eigenvalue weighted by molar-refractivity contribution is 0.0548. The molecule has 1 aromatic heterocycles. The Bertz CT molecular complexity index is 882. The standard InChI is InChI=1S/C21H22N2O4/c1-22(13-16-8-5-11-27-16)19(24)14-9-10-17-18(12-14)21(26)23(20(17)25)15-6-3-2-4-7-15/h5,8-12,15H,2-4,6-7,13H2,1H3. The van der Waals surface area contributed by atoms with E-state index < -0.39 is 0 Å². The molecule has 0 N–H and O–H groups in total. The predicted octanol–water partition coefficient (Wildman–Crippen LogP) is 3.48. The fourth-order valence-electron chi connectivity index (χ4n) is 3.99. The number of benzene rings is 1. The molecular formula is C21H22N2O4. The summed E-state index contributed by atoms with van der Waals surface area (Å²) in [5, 5.41) is 0. The first kappa shape index (κ1) is 17.5. The van der Waals surface area contributed by atoms with Gasteiger partial charge >= 0.3 is 0 Å². The molecule has 3 amide bonds. The van der Waals surface area contributed by atoms with Gasteiger partial charge in [0.15, 0.2) is 0 Å². The van der Waals surface area contributed by atoms with Crippen molar-refractivity contribution in [3.8, 4) is 0 Å². The molecule has 1 fully saturated rings. The van der Waals surface area contributed by atoms with Gasteiger partial charge in [-0.15, -0.1) is 0 Å². The second kappa shape index (κ2) is 7.02. The number of furan rings is 1. The summed E-state index contributed by atoms with van der Waals surface area (Å²) in [7, 11) is 1.68. The highest BCUT2D eigenvalue weighted by Gasteiger charge is 2.40. The Morgan fingerprint density at radius 2 is 1.85 bits per heavy atom. The summed E-state index contributed by atoms with van der Waals surface area (Å²) in [4.78, 5) is 41.3. The highest BCUT2D eigenvalue weighted by molar-refractivity contribution is 6.22. The lowest BCUT2D eigenvalue weighted by atomic mass is 9.94. The van der Waals surface area contributed by atoms with Crippen LogP contribution in [0.4, 0.5) is 0 Å². The summed E-state index contributed by atoms with van der Waals surface area (Å²) >= 11 is 0. The Morgan fingerprint density at radius 3 is 2.56 bits per heavy atom. The zero-order valence-corrected chi connectivity index (χ0v) is 15.3. The zero-order valence-electron chi connectivity index (χ0n) is 15.3. The maximum Gasteiger partial charge on any atom is 0.261 e. The van der Waals surface area contributed by atoms with Gasteiger partial charge in [0.2, 0.25) is 0 Å². The Labute approximate surface area is 157 Å². The maximum atomic E-state index is 12.9. The molecule has 6 nitrogen and oxygen atoms in total. The molecule has 0 bridgehead atoms. The Balaban J connectivity index is 1.56. The van der Waals surface area contributed by atoms with Crippen molar-refractivity contribution in [1.82, 2.24) is 9.80 Å². The summed E-state index contributed by atoms with van der Waals surface area (Å²) in [6.45, 7) is 0.337. The summed E-state index contributed by atoms with van der Waals surface area (Å²) in [6.07, 6.45) is 6.53. The average molecular weight is 366 g/mol. The number of carbonyl (C=O) groups excluding carboxylic acids is 3. The Kier molecular flexibility index (Phi) is 4.56. The molecule has 6 heteroatoms. The smallest absolute Gasteiger partial charge is 0.261 e. The second-order valence-corrected chi connectivity index (χ2v) is 7.27. The van der Waals surface area contributed by atoms with Crippen LogP contribution in [-0.4, -0.2) is 40.6 Å². The lowest BCUT2D eigenvalue weighted by Crippen LogP contribution is -2.40. The molecule has 0 saturated heterocycles. The van der Waals surface area contributed by atoms with Gasteiger partial charge in [-0.25, -0.2) is 0 Å². The number of carbonyl (C=O) groups is 3. The molecule has 2 aliphatic rings. The van der Waals surface area contributed by atoms with Crippen molar-refractivity contribution in [3.63, 3.8) is 0 Å². The third-order valence-corrected chi connectivity index (χ3v) is 5.42. The van der Waals surface area contributed by atoms with E-state index in [0.29, 0.717) is 29.0 Å². The number of nitrogens with zero attached hydrogens (tertiary/aromatic N) is 2. The normalized spacial score (nSPS) is 17.3. The van der Waals surface area contributed by atoms with Crippen molar-refractivity contribution < 1.29 is 18.8 Å². The van der Waals surface area contributed by atoms with E-state index in [9.17, 15) is 14.4 Å². The van der Waals surface area contributed by atoms with Crippen LogP contribution in [0, 0.1) is 0 Å². The van der Waals surface area contributed by atoms with Crippen LogP contribution in [0.3, 0.4) is 0 Å². The number of imide groups is 1. The first-order valence-corrected chi connectivity index (χ1v) is 9.36. The minimum absolute atomic E-state index is 0.0214. The number of hydrogen-bond donors (Lipinski definition) is 0. The monoisotopic (exact) mass is 366 g/mol. The number of amides is 3. The molecule has 0 spiro atoms. The molecule has 1 saturated carbocycles. The molecule has 1 aliphatic heterocycles. The minimum Gasteiger partial charge on any atom is -0.467 e. The van der Waals surface area contributed by atoms with Crippen LogP contribution in [0.15, 0.2) is 41.0 Å². The molecule has 0 unspecified atom stereocenters. The quantitative estimate of drug-likeness (QED) is 0.777. The van der Waals surface area contributed by atoms with Crippen LogP contribution in [0.2, 0.25) is 0 Å². The van der Waals surface area contributed by atoms with E-state index in [2.05, 4.69) is 0 Å². The van der Waals surface area contributed by atoms with Crippen molar-refractivity contribution in [2.75, 3.05) is 7.05 Å². The Hall–Kier alpha value is -2.89. The van der Waals surface area contributed by atoms with E-state index in [0.717, 1.165) is 32.1 Å². The van der Waals surface area contributed by atoms with Crippen molar-refractivity contribution in [1.29, 1.82) is 0 Å². The van der Waals surface area contributed by atoms with Gasteiger partial charge in [0.1, 0.15) is 5.76 Å². The molecule has 140 valence electrons. The average Bonchev–Trinajstić information content (AvgIpc) is 3.28. The number of hydrogen-bond acceptors (Lipinski definition) is 4. The molecule has 0 radical (unpaired) electrons. The van der Waals surface area contributed by atoms with Crippen LogP contribution >= 0.6 is 0 Å². The third kappa shape index (κ3) is 3.16. The van der Waals surface area contributed by atoms with Gasteiger partial charge in [-0.05, 0) is 43.2 Å². The molecule has 1 aromatic carbocycles. The van der Waals surface area contributed by atoms with Crippen molar-refractivity contribution in [2.24, 2.45) is 0 Å². The minimum atomic E-state index is -0.273. The fraction of sp³-hybridized carbons (Fsp3) is 0.381. The van der Waals surface area contributed by atoms with Gasteiger partial charge in [-0.1, -0.05) is 19.3 Å². The Morgan fingerprint density at radius 1 is 1.11 bits per heavy atom. The van der Waals surface area contributed by atoms with E-state index in [1.54, 1.807) is 43.6 Å². The van der Waals surface area contributed by atoms with E-state index in [1.807, 2.05) is 0 Å². The predicted molar refractivity (Wildman–Crippen MR) is 98.3 cm³/mol. The van der Waals surface area contributed by atoms with Crippen LogP contribution < -0.4 is 0 Å². The summed E-state index contributed by atoms with van der Waals surface area (Å²) in [6, 6.07) is 8.33. The number of fused-ring (bicyclic) bond motifs is 1. The molecule has 1 aliphatic carbocycles. The maximum absolute atomic E-state index is 12.9. The van der Waals surface area contributed by atoms with E-state index in [4.69, 9.17) is 4.42 Å². The van der Waals surface area contributed by atoms with Crippen molar-refractivity contribution in [2.45, 2.75) is 44.7 Å². The van der Waals surface area contributed by atoms with Gasteiger partial charge in [-0.3, -0.25) is 19.3 Å². The first-order chi connectivity index (χ1) is 13.1. The SMILES string of the molecule is CN(Cc1ccco1)C(=O)c1ccc2c(c1)C(=O)N(C1CCCCC1)C2=O. The summed E-state index contributed by atoms with van der Waals surface area (Å²) in [5.74, 6) is -0.0395. The van der Waals surface area contributed by atoms with Gasteiger partial charge in [0, 0.05) is 18.7 Å². The highest BCUT2D eigenvalue weighted by Crippen LogP contribution is 2.31. The zero-order chi connectivity index (χ0) is 19.0. The third-order valence-electron chi connectivity index (χ3n) is 5.42. The molecular weight excluding hydrogens is 344 g/mol. The topological polar surface area (TPSA) is 70.8 Å².